The van der Waals surface area contributed by atoms with Crippen molar-refractivity contribution < 1.29 is 0 Å². The highest BCUT2D eigenvalue weighted by atomic mass is 14.3. The number of fused-ring (bicyclic) bond motifs is 1. The summed E-state index contributed by atoms with van der Waals surface area (Å²) in [6.45, 7) is 2.05. The Labute approximate surface area is 103 Å². The lowest BCUT2D eigenvalue weighted by Crippen LogP contribution is -1.89. The minimum Gasteiger partial charge on any atom is -0.0877 e. The zero-order chi connectivity index (χ0) is 11.7. The summed E-state index contributed by atoms with van der Waals surface area (Å²) in [5.74, 6) is 0.665. The quantitative estimate of drug-likeness (QED) is 0.640. The molecule has 86 valence electrons. The Hall–Kier alpha value is -1.56. The summed E-state index contributed by atoms with van der Waals surface area (Å²) >= 11 is 0. The summed E-state index contributed by atoms with van der Waals surface area (Å²) in [4.78, 5) is 0. The Morgan fingerprint density at radius 3 is 3.06 bits per heavy atom. The highest BCUT2D eigenvalue weighted by Gasteiger charge is 2.23. The molecule has 2 bridgehead atoms. The van der Waals surface area contributed by atoms with E-state index < -0.39 is 0 Å². The van der Waals surface area contributed by atoms with E-state index in [0.717, 1.165) is 0 Å². The van der Waals surface area contributed by atoms with Crippen molar-refractivity contribution in [1.29, 1.82) is 0 Å². The van der Waals surface area contributed by atoms with Crippen molar-refractivity contribution in [3.63, 3.8) is 0 Å². The molecule has 0 nitrogen and oxygen atoms in total. The van der Waals surface area contributed by atoms with Crippen LogP contribution in [0.4, 0.5) is 0 Å². The Kier molecular flexibility index (Phi) is 2.72. The molecule has 0 aliphatic heterocycles. The zero-order valence-electron chi connectivity index (χ0n) is 10.3. The first-order chi connectivity index (χ1) is 8.38. The van der Waals surface area contributed by atoms with E-state index in [2.05, 4.69) is 55.5 Å². The van der Waals surface area contributed by atoms with Crippen molar-refractivity contribution in [3.05, 3.63) is 65.3 Å². The minimum absolute atomic E-state index is 0.665. The molecule has 0 radical (unpaired) electrons. The maximum absolute atomic E-state index is 2.44. The van der Waals surface area contributed by atoms with Gasteiger partial charge < -0.3 is 0 Å². The average molecular weight is 222 g/mol. The van der Waals surface area contributed by atoms with Gasteiger partial charge >= 0.3 is 0 Å². The third-order valence-corrected chi connectivity index (χ3v) is 3.77. The molecule has 2 aliphatic carbocycles. The Morgan fingerprint density at radius 1 is 1.24 bits per heavy atom. The number of benzene rings is 1. The van der Waals surface area contributed by atoms with Crippen molar-refractivity contribution in [2.45, 2.75) is 32.1 Å². The summed E-state index contributed by atoms with van der Waals surface area (Å²) in [5.41, 5.74) is 5.91. The van der Waals surface area contributed by atoms with Gasteiger partial charge in [0, 0.05) is 5.92 Å². The van der Waals surface area contributed by atoms with E-state index in [1.807, 2.05) is 0 Å². The second-order valence-corrected chi connectivity index (χ2v) is 4.93. The van der Waals surface area contributed by atoms with Gasteiger partial charge in [0.15, 0.2) is 0 Å². The van der Waals surface area contributed by atoms with Gasteiger partial charge in [0.1, 0.15) is 0 Å². The number of hydrogen-bond donors (Lipinski definition) is 0. The Balaban J connectivity index is 2.00. The second kappa shape index (κ2) is 4.37. The van der Waals surface area contributed by atoms with Gasteiger partial charge in [-0.15, -0.1) is 0 Å². The molecule has 0 heteroatoms. The smallest absolute Gasteiger partial charge is 0.00335 e. The van der Waals surface area contributed by atoms with Crippen molar-refractivity contribution in [3.8, 4) is 0 Å². The maximum Gasteiger partial charge on any atom is 0.00335 e. The summed E-state index contributed by atoms with van der Waals surface area (Å²) in [5, 5.41) is 0. The average Bonchev–Trinajstić information content (AvgIpc) is 2.61. The van der Waals surface area contributed by atoms with Crippen LogP contribution < -0.4 is 0 Å². The van der Waals surface area contributed by atoms with E-state index in [9.17, 15) is 0 Å². The number of aryl methyl sites for hydroxylation is 1. The lowest BCUT2D eigenvalue weighted by atomic mass is 9.98. The predicted molar refractivity (Wildman–Crippen MR) is 74.1 cm³/mol. The van der Waals surface area contributed by atoms with Crippen molar-refractivity contribution in [2.75, 3.05) is 0 Å². The van der Waals surface area contributed by atoms with Crippen molar-refractivity contribution in [2.24, 2.45) is 0 Å². The van der Waals surface area contributed by atoms with Gasteiger partial charge in [-0.1, -0.05) is 48.6 Å². The molecule has 1 unspecified atom stereocenters. The van der Waals surface area contributed by atoms with Crippen LogP contribution in [-0.2, 0) is 6.42 Å². The Bertz CT molecular complexity index is 515. The molecule has 1 atom stereocenters. The van der Waals surface area contributed by atoms with Crippen LogP contribution in [0.2, 0.25) is 0 Å². The van der Waals surface area contributed by atoms with Crippen LogP contribution in [0.1, 0.15) is 42.4 Å². The van der Waals surface area contributed by atoms with Crippen LogP contribution in [0.25, 0.3) is 5.57 Å². The molecule has 1 aromatic carbocycles. The van der Waals surface area contributed by atoms with E-state index in [4.69, 9.17) is 0 Å². The van der Waals surface area contributed by atoms with Crippen LogP contribution in [-0.4, -0.2) is 0 Å². The topological polar surface area (TPSA) is 0 Å². The molecule has 3 rings (SSSR count). The molecule has 0 heterocycles. The number of rotatable bonds is 2. The molecule has 0 aromatic heterocycles. The van der Waals surface area contributed by atoms with E-state index in [1.54, 1.807) is 5.56 Å². The van der Waals surface area contributed by atoms with E-state index in [0.29, 0.717) is 5.92 Å². The van der Waals surface area contributed by atoms with E-state index >= 15 is 0 Å². The summed E-state index contributed by atoms with van der Waals surface area (Å²) in [7, 11) is 0. The molecule has 17 heavy (non-hydrogen) atoms. The maximum atomic E-state index is 2.44. The number of allylic oxidation sites excluding steroid dienone is 6. The van der Waals surface area contributed by atoms with Crippen LogP contribution in [0.5, 0.6) is 0 Å². The summed E-state index contributed by atoms with van der Waals surface area (Å²) in [6.07, 6.45) is 14.9. The summed E-state index contributed by atoms with van der Waals surface area (Å²) in [6, 6.07) is 7.02. The van der Waals surface area contributed by atoms with E-state index in [1.165, 1.54) is 36.0 Å². The van der Waals surface area contributed by atoms with Crippen LogP contribution in [0.15, 0.2) is 48.6 Å². The second-order valence-electron chi connectivity index (χ2n) is 4.93. The fourth-order valence-corrected chi connectivity index (χ4v) is 2.91. The lowest BCUT2D eigenvalue weighted by molar-refractivity contribution is 0.700. The molecular weight excluding hydrogens is 204 g/mol. The fourth-order valence-electron chi connectivity index (χ4n) is 2.91. The van der Waals surface area contributed by atoms with Gasteiger partial charge in [-0.2, -0.15) is 0 Å². The van der Waals surface area contributed by atoms with Crippen LogP contribution in [0, 0.1) is 0 Å². The van der Waals surface area contributed by atoms with Gasteiger partial charge in [-0.3, -0.25) is 0 Å². The molecule has 0 amide bonds. The van der Waals surface area contributed by atoms with Gasteiger partial charge in [-0.05, 0) is 48.4 Å². The first-order valence-electron chi connectivity index (χ1n) is 6.53. The standard InChI is InChI=1S/C17H18/c1-2-3-4-7-14-12-15-8-5-6-13-9-10-16(14)17(15)11-13/h2-4,7,9-12,15H,5-6,8H2,1H3/b3-2-,7-4-. The molecular formula is C17H18. The fraction of sp³-hybridized carbons (Fsp3) is 0.294. The van der Waals surface area contributed by atoms with Crippen LogP contribution >= 0.6 is 0 Å². The van der Waals surface area contributed by atoms with Gasteiger partial charge in [0.2, 0.25) is 0 Å². The third-order valence-electron chi connectivity index (χ3n) is 3.77. The first-order valence-corrected chi connectivity index (χ1v) is 6.53. The van der Waals surface area contributed by atoms with Gasteiger partial charge in [0.05, 0.1) is 0 Å². The van der Waals surface area contributed by atoms with Gasteiger partial charge in [-0.25, -0.2) is 0 Å². The first kappa shape index (κ1) is 10.6. The highest BCUT2D eigenvalue weighted by Crippen LogP contribution is 2.41. The zero-order valence-corrected chi connectivity index (χ0v) is 10.3. The monoisotopic (exact) mass is 222 g/mol. The molecule has 1 aromatic rings. The Morgan fingerprint density at radius 2 is 2.18 bits per heavy atom. The highest BCUT2D eigenvalue weighted by molar-refractivity contribution is 5.81. The van der Waals surface area contributed by atoms with Crippen molar-refractivity contribution in [1.82, 2.24) is 0 Å². The molecule has 0 N–H and O–H groups in total. The molecule has 2 aliphatic rings. The van der Waals surface area contributed by atoms with E-state index in [-0.39, 0.29) is 0 Å². The lowest BCUT2D eigenvalue weighted by Gasteiger charge is -2.06. The molecule has 0 saturated heterocycles. The molecule has 0 fully saturated rings. The molecule has 0 spiro atoms. The van der Waals surface area contributed by atoms with Gasteiger partial charge in [0.25, 0.3) is 0 Å². The normalized spacial score (nSPS) is 22.2. The predicted octanol–water partition coefficient (Wildman–Crippen LogP) is 4.64. The minimum atomic E-state index is 0.665. The molecule has 0 saturated carbocycles. The largest absolute Gasteiger partial charge is 0.0877 e. The van der Waals surface area contributed by atoms with Crippen molar-refractivity contribution >= 4 is 5.57 Å². The SMILES string of the molecule is C/C=C\C=C/C1=CC2CCCc3ccc1c2c3. The third kappa shape index (κ3) is 1.88. The van der Waals surface area contributed by atoms with Crippen LogP contribution in [0.3, 0.4) is 0 Å². The number of hydrogen-bond acceptors (Lipinski definition) is 0. The summed E-state index contributed by atoms with van der Waals surface area (Å²) < 4.78 is 0.